The number of carbonyl (C=O) groups is 3. The lowest BCUT2D eigenvalue weighted by molar-refractivity contribution is -0.143. The van der Waals surface area contributed by atoms with Crippen LogP contribution in [-0.2, 0) is 27.8 Å². The van der Waals surface area contributed by atoms with Gasteiger partial charge in [0, 0.05) is 26.1 Å². The quantitative estimate of drug-likeness (QED) is 0.214. The summed E-state index contributed by atoms with van der Waals surface area (Å²) in [5.41, 5.74) is 14.6. The summed E-state index contributed by atoms with van der Waals surface area (Å²) in [5, 5.41) is 2.77. The van der Waals surface area contributed by atoms with E-state index >= 15 is 0 Å². The molecule has 5 rings (SSSR count). The summed E-state index contributed by atoms with van der Waals surface area (Å²) in [7, 11) is 0. The molecule has 0 bridgehead atoms. The molecule has 2 saturated heterocycles. The minimum Gasteiger partial charge on any atom is -0.370 e. The number of imide groups is 1. The van der Waals surface area contributed by atoms with E-state index in [1.54, 1.807) is 0 Å². The van der Waals surface area contributed by atoms with Gasteiger partial charge in [0.2, 0.25) is 5.91 Å². The molecule has 2 atom stereocenters. The molecule has 0 aromatic heterocycles. The first kappa shape index (κ1) is 25.8. The molecule has 2 fully saturated rings. The van der Waals surface area contributed by atoms with Gasteiger partial charge in [0.05, 0.1) is 0 Å². The van der Waals surface area contributed by atoms with Gasteiger partial charge in [0.15, 0.2) is 5.96 Å². The van der Waals surface area contributed by atoms with Gasteiger partial charge in [-0.15, -0.1) is 0 Å². The molecule has 3 aliphatic rings. The first-order chi connectivity index (χ1) is 18.4. The summed E-state index contributed by atoms with van der Waals surface area (Å²) in [4.78, 5) is 47.4. The van der Waals surface area contributed by atoms with E-state index in [0.29, 0.717) is 32.5 Å². The van der Waals surface area contributed by atoms with Gasteiger partial charge in [-0.05, 0) is 60.6 Å². The van der Waals surface area contributed by atoms with E-state index in [-0.39, 0.29) is 29.6 Å². The summed E-state index contributed by atoms with van der Waals surface area (Å²) >= 11 is 0. The van der Waals surface area contributed by atoms with Gasteiger partial charge < -0.3 is 21.7 Å². The first-order valence-corrected chi connectivity index (χ1v) is 13.5. The van der Waals surface area contributed by atoms with Crippen molar-refractivity contribution in [2.24, 2.45) is 16.5 Å². The molecule has 9 heteroatoms. The van der Waals surface area contributed by atoms with Crippen LogP contribution in [0, 0.1) is 0 Å². The molecule has 2 heterocycles. The van der Waals surface area contributed by atoms with Crippen molar-refractivity contribution in [2.45, 2.75) is 62.4 Å². The van der Waals surface area contributed by atoms with E-state index in [1.165, 1.54) is 11.1 Å². The lowest BCUT2D eigenvalue weighted by atomic mass is 9.73. The standard InChI is InChI=1S/C29H36N6O3/c30-27(31)32-16-6-11-23-25(36)35(28(38)33-23)24(19-20-7-2-1-3-8-20)26(37)34-17-14-29(15-18-34)13-12-21-9-4-5-10-22(21)29/h1-5,7-10,23-24H,6,11-19H2,(H,33,38)(H4,30,31,32)/t23-,24?/m1/s1. The topological polar surface area (TPSA) is 134 Å². The Morgan fingerprint density at radius 3 is 2.47 bits per heavy atom. The van der Waals surface area contributed by atoms with Crippen molar-refractivity contribution in [3.63, 3.8) is 0 Å². The van der Waals surface area contributed by atoms with Crippen molar-refractivity contribution >= 4 is 23.8 Å². The Morgan fingerprint density at radius 2 is 1.74 bits per heavy atom. The van der Waals surface area contributed by atoms with Crippen LogP contribution in [0.4, 0.5) is 4.79 Å². The first-order valence-electron chi connectivity index (χ1n) is 13.5. The zero-order chi connectivity index (χ0) is 26.7. The molecule has 5 N–H and O–H groups in total. The van der Waals surface area contributed by atoms with E-state index in [9.17, 15) is 14.4 Å². The zero-order valence-corrected chi connectivity index (χ0v) is 21.6. The highest BCUT2D eigenvalue weighted by Crippen LogP contribution is 2.46. The predicted molar refractivity (Wildman–Crippen MR) is 145 cm³/mol. The van der Waals surface area contributed by atoms with Crippen molar-refractivity contribution in [1.82, 2.24) is 15.1 Å². The second-order valence-electron chi connectivity index (χ2n) is 10.6. The number of hydrogen-bond donors (Lipinski definition) is 3. The van der Waals surface area contributed by atoms with Crippen LogP contribution in [0.3, 0.4) is 0 Å². The lowest BCUT2D eigenvalue weighted by Crippen LogP contribution is -2.55. The SMILES string of the molecule is NC(N)=NCCC[C@H]1NC(=O)N(C(Cc2ccccc2)C(=O)N2CCC3(CCc4ccccc43)CC2)C1=O. The minimum atomic E-state index is -0.891. The molecule has 1 unspecified atom stereocenters. The Hall–Kier alpha value is -3.88. The Morgan fingerprint density at radius 1 is 1.03 bits per heavy atom. The van der Waals surface area contributed by atoms with Crippen LogP contribution in [0.15, 0.2) is 59.6 Å². The van der Waals surface area contributed by atoms with Crippen molar-refractivity contribution in [1.29, 1.82) is 0 Å². The maximum absolute atomic E-state index is 14.0. The van der Waals surface area contributed by atoms with Crippen LogP contribution >= 0.6 is 0 Å². The second-order valence-corrected chi connectivity index (χ2v) is 10.6. The average Bonchev–Trinajstić information content (AvgIpc) is 3.42. The molecule has 9 nitrogen and oxygen atoms in total. The minimum absolute atomic E-state index is 0.00802. The number of aryl methyl sites for hydroxylation is 1. The molecule has 4 amide bonds. The third kappa shape index (κ3) is 5.10. The molecule has 1 aliphatic carbocycles. The normalized spacial score (nSPS) is 20.8. The van der Waals surface area contributed by atoms with Crippen molar-refractivity contribution in [3.8, 4) is 0 Å². The molecular formula is C29H36N6O3. The van der Waals surface area contributed by atoms with Crippen LogP contribution in [0.1, 0.15) is 48.8 Å². The number of rotatable bonds is 8. The second kappa shape index (κ2) is 10.8. The monoisotopic (exact) mass is 516 g/mol. The van der Waals surface area contributed by atoms with Crippen LogP contribution in [0.25, 0.3) is 0 Å². The highest BCUT2D eigenvalue weighted by atomic mass is 16.2. The highest BCUT2D eigenvalue weighted by molar-refractivity contribution is 6.07. The number of nitrogens with two attached hydrogens (primary N) is 2. The maximum atomic E-state index is 14.0. The number of piperidine rings is 1. The Bertz CT molecular complexity index is 1220. The Labute approximate surface area is 223 Å². The fourth-order valence-electron chi connectivity index (χ4n) is 6.32. The van der Waals surface area contributed by atoms with Crippen LogP contribution in [0.2, 0.25) is 0 Å². The van der Waals surface area contributed by atoms with Crippen LogP contribution in [-0.4, -0.2) is 65.3 Å². The zero-order valence-electron chi connectivity index (χ0n) is 21.6. The van der Waals surface area contributed by atoms with E-state index < -0.39 is 18.1 Å². The fraction of sp³-hybridized carbons (Fsp3) is 0.448. The van der Waals surface area contributed by atoms with Crippen LogP contribution < -0.4 is 16.8 Å². The smallest absolute Gasteiger partial charge is 0.325 e. The third-order valence-corrected chi connectivity index (χ3v) is 8.36. The number of urea groups is 1. The van der Waals surface area contributed by atoms with E-state index in [2.05, 4.69) is 34.6 Å². The lowest BCUT2D eigenvalue weighted by Gasteiger charge is -2.42. The van der Waals surface area contributed by atoms with Gasteiger partial charge in [0.25, 0.3) is 5.91 Å². The molecule has 0 radical (unpaired) electrons. The maximum Gasteiger partial charge on any atom is 0.325 e. The summed E-state index contributed by atoms with van der Waals surface area (Å²) in [6.07, 6.45) is 5.18. The molecular weight excluding hydrogens is 480 g/mol. The summed E-state index contributed by atoms with van der Waals surface area (Å²) in [6, 6.07) is 16.1. The Balaban J connectivity index is 1.31. The number of amides is 4. The van der Waals surface area contributed by atoms with Crippen molar-refractivity contribution in [2.75, 3.05) is 19.6 Å². The molecule has 0 saturated carbocycles. The predicted octanol–water partition coefficient (Wildman–Crippen LogP) is 2.08. The molecule has 2 aromatic rings. The van der Waals surface area contributed by atoms with Gasteiger partial charge in [-0.3, -0.25) is 14.6 Å². The molecule has 2 aromatic carbocycles. The number of aliphatic imine (C=N–C) groups is 1. The number of carbonyl (C=O) groups excluding carboxylic acids is 3. The van der Waals surface area contributed by atoms with Crippen molar-refractivity contribution in [3.05, 3.63) is 71.3 Å². The highest BCUT2D eigenvalue weighted by Gasteiger charge is 2.47. The number of nitrogens with one attached hydrogen (secondary N) is 1. The number of nitrogens with zero attached hydrogens (tertiary/aromatic N) is 3. The van der Waals surface area contributed by atoms with Gasteiger partial charge >= 0.3 is 6.03 Å². The molecule has 1 spiro atoms. The van der Waals surface area contributed by atoms with Gasteiger partial charge in [-0.2, -0.15) is 0 Å². The molecule has 2 aliphatic heterocycles. The molecule has 200 valence electrons. The summed E-state index contributed by atoms with van der Waals surface area (Å²) in [5.74, 6) is -0.543. The molecule has 38 heavy (non-hydrogen) atoms. The fourth-order valence-corrected chi connectivity index (χ4v) is 6.32. The number of hydrogen-bond acceptors (Lipinski definition) is 4. The van der Waals surface area contributed by atoms with Gasteiger partial charge in [-0.1, -0.05) is 54.6 Å². The van der Waals surface area contributed by atoms with E-state index in [4.69, 9.17) is 11.5 Å². The van der Waals surface area contributed by atoms with Gasteiger partial charge in [-0.25, -0.2) is 9.69 Å². The van der Waals surface area contributed by atoms with E-state index in [1.807, 2.05) is 35.2 Å². The number of guanidine groups is 1. The van der Waals surface area contributed by atoms with Gasteiger partial charge in [0.1, 0.15) is 12.1 Å². The summed E-state index contributed by atoms with van der Waals surface area (Å²) in [6.45, 7) is 1.60. The third-order valence-electron chi connectivity index (χ3n) is 8.36. The number of fused-ring (bicyclic) bond motifs is 2. The number of likely N-dealkylation sites (tertiary alicyclic amines) is 1. The Kier molecular flexibility index (Phi) is 7.35. The number of benzene rings is 2. The van der Waals surface area contributed by atoms with Crippen LogP contribution in [0.5, 0.6) is 0 Å². The van der Waals surface area contributed by atoms with Crippen molar-refractivity contribution < 1.29 is 14.4 Å². The van der Waals surface area contributed by atoms with E-state index in [0.717, 1.165) is 36.1 Å². The average molecular weight is 517 g/mol. The largest absolute Gasteiger partial charge is 0.370 e. The summed E-state index contributed by atoms with van der Waals surface area (Å²) < 4.78 is 0.